The molecular formula is C15H20N4. The molecule has 2 rings (SSSR count). The molecule has 4 heteroatoms. The Morgan fingerprint density at radius 3 is 2.42 bits per heavy atom. The van der Waals surface area contributed by atoms with Crippen LogP contribution in [0, 0.1) is 6.92 Å². The summed E-state index contributed by atoms with van der Waals surface area (Å²) in [6.45, 7) is 5.95. The van der Waals surface area contributed by atoms with Crippen molar-refractivity contribution in [1.29, 1.82) is 0 Å². The van der Waals surface area contributed by atoms with Gasteiger partial charge in [-0.05, 0) is 31.0 Å². The third-order valence-electron chi connectivity index (χ3n) is 3.00. The molecule has 0 aliphatic carbocycles. The Hall–Kier alpha value is -2.10. The van der Waals surface area contributed by atoms with Crippen molar-refractivity contribution in [3.63, 3.8) is 0 Å². The van der Waals surface area contributed by atoms with E-state index in [4.69, 9.17) is 5.73 Å². The average Bonchev–Trinajstić information content (AvgIpc) is 2.41. The van der Waals surface area contributed by atoms with Gasteiger partial charge in [-0.25, -0.2) is 4.98 Å². The predicted octanol–water partition coefficient (Wildman–Crippen LogP) is 2.78. The minimum absolute atomic E-state index is 0.793. The summed E-state index contributed by atoms with van der Waals surface area (Å²) in [7, 11) is 0. The molecule has 2 N–H and O–H groups in total. The van der Waals surface area contributed by atoms with Crippen molar-refractivity contribution >= 4 is 11.5 Å². The van der Waals surface area contributed by atoms with Crippen molar-refractivity contribution in [2.75, 3.05) is 17.2 Å². The van der Waals surface area contributed by atoms with E-state index in [0.29, 0.717) is 0 Å². The molecule has 0 aliphatic heterocycles. The summed E-state index contributed by atoms with van der Waals surface area (Å²) in [5.74, 6) is 0.959. The molecule has 0 amide bonds. The summed E-state index contributed by atoms with van der Waals surface area (Å²) >= 11 is 0. The Kier molecular flexibility index (Phi) is 4.34. The van der Waals surface area contributed by atoms with Gasteiger partial charge in [-0.2, -0.15) is 0 Å². The molecule has 0 spiro atoms. The average molecular weight is 256 g/mol. The number of hydrogen-bond donors (Lipinski definition) is 1. The van der Waals surface area contributed by atoms with Gasteiger partial charge in [0.05, 0.1) is 5.69 Å². The van der Waals surface area contributed by atoms with Crippen molar-refractivity contribution in [2.24, 2.45) is 0 Å². The molecule has 0 aliphatic rings. The molecule has 0 radical (unpaired) electrons. The Labute approximate surface area is 114 Å². The Morgan fingerprint density at radius 2 is 1.79 bits per heavy atom. The van der Waals surface area contributed by atoms with Crippen LogP contribution >= 0.6 is 0 Å². The molecule has 0 bridgehead atoms. The Morgan fingerprint density at radius 1 is 1.11 bits per heavy atom. The predicted molar refractivity (Wildman–Crippen MR) is 79.0 cm³/mol. The van der Waals surface area contributed by atoms with E-state index in [-0.39, 0.29) is 0 Å². The number of anilines is 2. The maximum absolute atomic E-state index is 5.72. The molecule has 4 nitrogen and oxygen atoms in total. The maximum atomic E-state index is 5.72. The van der Waals surface area contributed by atoms with Gasteiger partial charge in [-0.15, -0.1) is 0 Å². The van der Waals surface area contributed by atoms with Crippen molar-refractivity contribution < 1.29 is 0 Å². The van der Waals surface area contributed by atoms with Gasteiger partial charge in [0.25, 0.3) is 0 Å². The van der Waals surface area contributed by atoms with Crippen LogP contribution in [0.25, 0.3) is 0 Å². The quantitative estimate of drug-likeness (QED) is 0.836. The lowest BCUT2D eigenvalue weighted by Crippen LogP contribution is -2.25. The molecule has 100 valence electrons. The maximum Gasteiger partial charge on any atom is 0.150 e. The van der Waals surface area contributed by atoms with Gasteiger partial charge >= 0.3 is 0 Å². The summed E-state index contributed by atoms with van der Waals surface area (Å²) in [4.78, 5) is 11.0. The van der Waals surface area contributed by atoms with Crippen LogP contribution in [-0.4, -0.2) is 16.5 Å². The van der Waals surface area contributed by atoms with Crippen molar-refractivity contribution in [3.05, 3.63) is 47.9 Å². The minimum atomic E-state index is 0.793. The molecule has 0 unspecified atom stereocenters. The van der Waals surface area contributed by atoms with Crippen LogP contribution in [-0.2, 0) is 6.54 Å². The smallest absolute Gasteiger partial charge is 0.150 e. The van der Waals surface area contributed by atoms with Crippen molar-refractivity contribution in [3.8, 4) is 0 Å². The summed E-state index contributed by atoms with van der Waals surface area (Å²) in [5, 5.41) is 0. The highest BCUT2D eigenvalue weighted by molar-refractivity contribution is 5.45. The fourth-order valence-corrected chi connectivity index (χ4v) is 2.08. The van der Waals surface area contributed by atoms with Crippen LogP contribution in [0.3, 0.4) is 0 Å². The number of rotatable bonds is 5. The zero-order valence-electron chi connectivity index (χ0n) is 11.5. The zero-order valence-corrected chi connectivity index (χ0v) is 11.5. The molecule has 1 aromatic heterocycles. The monoisotopic (exact) mass is 256 g/mol. The molecule has 1 aromatic carbocycles. The molecule has 19 heavy (non-hydrogen) atoms. The lowest BCUT2D eigenvalue weighted by atomic mass is 10.2. The standard InChI is InChI=1S/C15H20N4/c1-3-10-19(15-12(2)17-8-9-18-15)11-13-4-6-14(16)7-5-13/h4-9H,3,10-11,16H2,1-2H3. The van der Waals surface area contributed by atoms with Crippen LogP contribution < -0.4 is 10.6 Å². The largest absolute Gasteiger partial charge is 0.399 e. The second-order valence-electron chi connectivity index (χ2n) is 4.63. The van der Waals surface area contributed by atoms with Gasteiger partial charge in [0.15, 0.2) is 0 Å². The Balaban J connectivity index is 2.21. The first-order valence-corrected chi connectivity index (χ1v) is 6.57. The topological polar surface area (TPSA) is 55.0 Å². The fourth-order valence-electron chi connectivity index (χ4n) is 2.08. The lowest BCUT2D eigenvalue weighted by molar-refractivity contribution is 0.747. The van der Waals surface area contributed by atoms with Crippen molar-refractivity contribution in [2.45, 2.75) is 26.8 Å². The van der Waals surface area contributed by atoms with Gasteiger partial charge in [-0.3, -0.25) is 4.98 Å². The highest BCUT2D eigenvalue weighted by Gasteiger charge is 2.11. The molecule has 2 aromatic rings. The lowest BCUT2D eigenvalue weighted by Gasteiger charge is -2.24. The van der Waals surface area contributed by atoms with E-state index in [9.17, 15) is 0 Å². The first-order valence-electron chi connectivity index (χ1n) is 6.57. The number of nitrogens with two attached hydrogens (primary N) is 1. The van der Waals surface area contributed by atoms with E-state index in [0.717, 1.165) is 36.7 Å². The van der Waals surface area contributed by atoms with Gasteiger partial charge in [0, 0.05) is 31.2 Å². The number of aryl methyl sites for hydroxylation is 1. The molecule has 0 atom stereocenters. The van der Waals surface area contributed by atoms with Crippen LogP contribution in [0.1, 0.15) is 24.6 Å². The van der Waals surface area contributed by atoms with Crippen LogP contribution in [0.2, 0.25) is 0 Å². The summed E-state index contributed by atoms with van der Waals surface area (Å²) in [6, 6.07) is 7.99. The Bertz CT molecular complexity index is 522. The number of benzene rings is 1. The van der Waals surface area contributed by atoms with Gasteiger partial charge in [-0.1, -0.05) is 19.1 Å². The van der Waals surface area contributed by atoms with E-state index in [1.807, 2.05) is 19.1 Å². The SMILES string of the molecule is CCCN(Cc1ccc(N)cc1)c1nccnc1C. The highest BCUT2D eigenvalue weighted by atomic mass is 15.2. The van der Waals surface area contributed by atoms with Crippen LogP contribution in [0.15, 0.2) is 36.7 Å². The van der Waals surface area contributed by atoms with E-state index in [1.165, 1.54) is 5.56 Å². The number of nitrogen functional groups attached to an aromatic ring is 1. The van der Waals surface area contributed by atoms with Crippen LogP contribution in [0.5, 0.6) is 0 Å². The van der Waals surface area contributed by atoms with E-state index < -0.39 is 0 Å². The summed E-state index contributed by atoms with van der Waals surface area (Å²) < 4.78 is 0. The first kappa shape index (κ1) is 13.3. The van der Waals surface area contributed by atoms with Gasteiger partial charge in [0.1, 0.15) is 5.82 Å². The number of hydrogen-bond acceptors (Lipinski definition) is 4. The molecular weight excluding hydrogens is 236 g/mol. The molecule has 0 fully saturated rings. The third-order valence-corrected chi connectivity index (χ3v) is 3.00. The fraction of sp³-hybridized carbons (Fsp3) is 0.333. The van der Waals surface area contributed by atoms with Gasteiger partial charge in [0.2, 0.25) is 0 Å². The van der Waals surface area contributed by atoms with Crippen LogP contribution in [0.4, 0.5) is 11.5 Å². The van der Waals surface area contributed by atoms with E-state index in [2.05, 4.69) is 33.9 Å². The number of nitrogens with zero attached hydrogens (tertiary/aromatic N) is 3. The zero-order chi connectivity index (χ0) is 13.7. The summed E-state index contributed by atoms with van der Waals surface area (Å²) in [5.41, 5.74) is 8.70. The molecule has 0 saturated heterocycles. The van der Waals surface area contributed by atoms with E-state index in [1.54, 1.807) is 12.4 Å². The highest BCUT2D eigenvalue weighted by Crippen LogP contribution is 2.18. The second-order valence-corrected chi connectivity index (χ2v) is 4.63. The third kappa shape index (κ3) is 3.44. The van der Waals surface area contributed by atoms with Crippen molar-refractivity contribution in [1.82, 2.24) is 9.97 Å². The van der Waals surface area contributed by atoms with Gasteiger partial charge < -0.3 is 10.6 Å². The van der Waals surface area contributed by atoms with E-state index >= 15 is 0 Å². The first-order chi connectivity index (χ1) is 9.20. The summed E-state index contributed by atoms with van der Waals surface area (Å²) in [6.07, 6.45) is 4.55. The second kappa shape index (κ2) is 6.18. The number of aromatic nitrogens is 2. The molecule has 1 heterocycles. The molecule has 0 saturated carbocycles. The normalized spacial score (nSPS) is 10.4. The minimum Gasteiger partial charge on any atom is -0.399 e.